The normalized spacial score (nSPS) is 13.9. The molecule has 0 spiro atoms. The molecule has 1 aliphatic rings. The molecule has 0 amide bonds. The number of nitrogens with zero attached hydrogens (tertiary/aromatic N) is 5. The van der Waals surface area contributed by atoms with Crippen molar-refractivity contribution < 1.29 is 18.9 Å². The Balaban J connectivity index is 1.37. The Labute approximate surface area is 173 Å². The zero-order valence-electron chi connectivity index (χ0n) is 16.9. The highest BCUT2D eigenvalue weighted by molar-refractivity contribution is 5.69. The van der Waals surface area contributed by atoms with Crippen LogP contribution in [0.15, 0.2) is 71.2 Å². The number of rotatable bonds is 6. The SMILES string of the molecule is CC1(C)N=c2nc(-c3cc[n+](CCC(=O)OCc4ccccc4)cc3)cnc2=NO1. The van der Waals surface area contributed by atoms with E-state index in [0.29, 0.717) is 36.2 Å². The molecule has 4 rings (SSSR count). The first-order chi connectivity index (χ1) is 14.5. The smallest absolute Gasteiger partial charge is 0.312 e. The van der Waals surface area contributed by atoms with Crippen LogP contribution < -0.4 is 15.5 Å². The Morgan fingerprint density at radius 3 is 2.63 bits per heavy atom. The summed E-state index contributed by atoms with van der Waals surface area (Å²) in [4.78, 5) is 30.5. The van der Waals surface area contributed by atoms with Crippen LogP contribution in [0.4, 0.5) is 0 Å². The lowest BCUT2D eigenvalue weighted by Crippen LogP contribution is -2.41. The van der Waals surface area contributed by atoms with Crippen molar-refractivity contribution in [1.82, 2.24) is 9.97 Å². The summed E-state index contributed by atoms with van der Waals surface area (Å²) >= 11 is 0. The van der Waals surface area contributed by atoms with Gasteiger partial charge in [-0.1, -0.05) is 35.5 Å². The quantitative estimate of drug-likeness (QED) is 0.459. The second-order valence-electron chi connectivity index (χ2n) is 7.36. The Morgan fingerprint density at radius 1 is 1.10 bits per heavy atom. The van der Waals surface area contributed by atoms with Crippen LogP contribution in [0.3, 0.4) is 0 Å². The van der Waals surface area contributed by atoms with Crippen molar-refractivity contribution in [3.05, 3.63) is 77.6 Å². The highest BCUT2D eigenvalue weighted by Gasteiger charge is 2.21. The van der Waals surface area contributed by atoms with Gasteiger partial charge in [-0.2, -0.15) is 0 Å². The van der Waals surface area contributed by atoms with Gasteiger partial charge in [0.25, 0.3) is 0 Å². The van der Waals surface area contributed by atoms with Crippen molar-refractivity contribution >= 4 is 5.97 Å². The van der Waals surface area contributed by atoms with E-state index in [9.17, 15) is 4.79 Å². The van der Waals surface area contributed by atoms with Crippen molar-refractivity contribution in [1.29, 1.82) is 0 Å². The second kappa shape index (κ2) is 8.36. The molecule has 0 atom stereocenters. The monoisotopic (exact) mass is 404 g/mol. The van der Waals surface area contributed by atoms with Crippen LogP contribution >= 0.6 is 0 Å². The van der Waals surface area contributed by atoms with Gasteiger partial charge in [-0.05, 0) is 19.4 Å². The van der Waals surface area contributed by atoms with Crippen LogP contribution in [0.2, 0.25) is 0 Å². The fraction of sp³-hybridized carbons (Fsp3) is 0.273. The van der Waals surface area contributed by atoms with Crippen LogP contribution in [-0.2, 0) is 27.5 Å². The maximum atomic E-state index is 12.0. The van der Waals surface area contributed by atoms with Gasteiger partial charge >= 0.3 is 5.97 Å². The standard InChI is InChI=1S/C22H22N5O3/c1-22(2)25-21-20(26-30-22)23-14-18(24-21)17-8-11-27(12-9-17)13-10-19(28)29-15-16-6-4-3-5-7-16/h3-9,11-12,14H,10,13,15H2,1-2H3/q+1. The molecule has 2 aromatic heterocycles. The molecular formula is C22H22N5O3+. The average molecular weight is 404 g/mol. The van der Waals surface area contributed by atoms with Crippen LogP contribution in [0, 0.1) is 0 Å². The third-order valence-corrected chi connectivity index (χ3v) is 4.47. The van der Waals surface area contributed by atoms with E-state index in [-0.39, 0.29) is 5.97 Å². The van der Waals surface area contributed by atoms with E-state index in [2.05, 4.69) is 20.1 Å². The van der Waals surface area contributed by atoms with E-state index >= 15 is 0 Å². The average Bonchev–Trinajstić information content (AvgIpc) is 2.76. The first kappa shape index (κ1) is 19.6. The summed E-state index contributed by atoms with van der Waals surface area (Å²) in [5.41, 5.74) is 2.64. The summed E-state index contributed by atoms with van der Waals surface area (Å²) in [5, 5.41) is 3.95. The molecule has 1 aromatic carbocycles. The number of carbonyl (C=O) groups is 1. The van der Waals surface area contributed by atoms with E-state index in [0.717, 1.165) is 11.1 Å². The lowest BCUT2D eigenvalue weighted by atomic mass is 10.2. The molecule has 152 valence electrons. The molecule has 0 bridgehead atoms. The molecule has 1 aliphatic heterocycles. The summed E-state index contributed by atoms with van der Waals surface area (Å²) in [6, 6.07) is 13.5. The predicted molar refractivity (Wildman–Crippen MR) is 106 cm³/mol. The molecule has 0 radical (unpaired) electrons. The fourth-order valence-corrected chi connectivity index (χ4v) is 2.89. The zero-order valence-corrected chi connectivity index (χ0v) is 16.9. The molecule has 0 aliphatic carbocycles. The van der Waals surface area contributed by atoms with Gasteiger partial charge in [-0.15, -0.1) is 0 Å². The number of fused-ring (bicyclic) bond motifs is 1. The zero-order chi connectivity index (χ0) is 21.0. The molecule has 30 heavy (non-hydrogen) atoms. The number of hydrogen-bond donors (Lipinski definition) is 0. The van der Waals surface area contributed by atoms with Crippen molar-refractivity contribution in [3.63, 3.8) is 0 Å². The summed E-state index contributed by atoms with van der Waals surface area (Å²) in [6.07, 6.45) is 5.73. The van der Waals surface area contributed by atoms with Crippen molar-refractivity contribution in [2.75, 3.05) is 0 Å². The maximum Gasteiger partial charge on any atom is 0.312 e. The molecule has 0 saturated carbocycles. The van der Waals surface area contributed by atoms with Crippen LogP contribution in [0.25, 0.3) is 11.3 Å². The topological polar surface area (TPSA) is 89.9 Å². The van der Waals surface area contributed by atoms with Gasteiger partial charge in [0.1, 0.15) is 13.0 Å². The molecule has 0 saturated heterocycles. The van der Waals surface area contributed by atoms with Gasteiger partial charge in [0, 0.05) is 17.7 Å². The lowest BCUT2D eigenvalue weighted by Gasteiger charge is -2.18. The van der Waals surface area contributed by atoms with Crippen LogP contribution in [0.1, 0.15) is 25.8 Å². The van der Waals surface area contributed by atoms with E-state index in [1.807, 2.05) is 73.3 Å². The molecule has 3 heterocycles. The number of benzene rings is 1. The lowest BCUT2D eigenvalue weighted by molar-refractivity contribution is -0.695. The molecule has 3 aromatic rings. The van der Waals surface area contributed by atoms with Crippen LogP contribution in [0.5, 0.6) is 0 Å². The largest absolute Gasteiger partial charge is 0.461 e. The van der Waals surface area contributed by atoms with Gasteiger partial charge in [0.2, 0.25) is 16.7 Å². The number of aryl methyl sites for hydroxylation is 1. The highest BCUT2D eigenvalue weighted by Crippen LogP contribution is 2.13. The van der Waals surface area contributed by atoms with Gasteiger partial charge < -0.3 is 9.57 Å². The number of esters is 1. The molecule has 0 N–H and O–H groups in total. The van der Waals surface area contributed by atoms with Crippen molar-refractivity contribution in [2.24, 2.45) is 10.1 Å². The number of hydrogen-bond acceptors (Lipinski definition) is 7. The number of ether oxygens (including phenoxy) is 1. The van der Waals surface area contributed by atoms with Crippen molar-refractivity contribution in [2.45, 2.75) is 39.1 Å². The minimum Gasteiger partial charge on any atom is -0.461 e. The van der Waals surface area contributed by atoms with E-state index in [1.54, 1.807) is 6.20 Å². The molecular weight excluding hydrogens is 382 g/mol. The number of pyridine rings is 1. The third-order valence-electron chi connectivity index (χ3n) is 4.47. The summed E-state index contributed by atoms with van der Waals surface area (Å²) in [6.45, 7) is 4.44. The number of aromatic nitrogens is 3. The fourth-order valence-electron chi connectivity index (χ4n) is 2.89. The summed E-state index contributed by atoms with van der Waals surface area (Å²) in [7, 11) is 0. The maximum absolute atomic E-state index is 12.0. The molecule has 8 heteroatoms. The first-order valence-corrected chi connectivity index (χ1v) is 9.67. The van der Waals surface area contributed by atoms with Gasteiger partial charge in [-0.3, -0.25) is 4.79 Å². The summed E-state index contributed by atoms with van der Waals surface area (Å²) in [5.74, 6) is -0.230. The van der Waals surface area contributed by atoms with E-state index in [1.165, 1.54) is 0 Å². The third kappa shape index (κ3) is 4.83. The second-order valence-corrected chi connectivity index (χ2v) is 7.36. The molecule has 0 unspecified atom stereocenters. The van der Waals surface area contributed by atoms with Gasteiger partial charge in [0.15, 0.2) is 18.9 Å². The highest BCUT2D eigenvalue weighted by atomic mass is 16.7. The first-order valence-electron chi connectivity index (χ1n) is 9.67. The van der Waals surface area contributed by atoms with Gasteiger partial charge in [-0.25, -0.2) is 19.5 Å². The minimum atomic E-state index is -0.755. The van der Waals surface area contributed by atoms with E-state index < -0.39 is 5.72 Å². The molecule has 0 fully saturated rings. The number of carbonyl (C=O) groups excluding carboxylic acids is 1. The van der Waals surface area contributed by atoms with Crippen molar-refractivity contribution in [3.8, 4) is 11.3 Å². The van der Waals surface area contributed by atoms with Gasteiger partial charge in [0.05, 0.1) is 11.9 Å². The molecule has 8 nitrogen and oxygen atoms in total. The Bertz CT molecular complexity index is 1160. The van der Waals surface area contributed by atoms with Crippen LogP contribution in [-0.4, -0.2) is 21.7 Å². The predicted octanol–water partition coefficient (Wildman–Crippen LogP) is 1.49. The Kier molecular flexibility index (Phi) is 5.47. The summed E-state index contributed by atoms with van der Waals surface area (Å²) < 4.78 is 7.24. The Morgan fingerprint density at radius 2 is 1.87 bits per heavy atom. The Hall–Kier alpha value is -3.68. The minimum absolute atomic E-state index is 0.230. The van der Waals surface area contributed by atoms with E-state index in [4.69, 9.17) is 9.57 Å².